The Kier molecular flexibility index (Phi) is 4.77. The van der Waals surface area contributed by atoms with Crippen LogP contribution in [0.1, 0.15) is 32.4 Å². The first-order chi connectivity index (χ1) is 9.75. The summed E-state index contributed by atoms with van der Waals surface area (Å²) >= 11 is 0. The number of halogens is 3. The second kappa shape index (κ2) is 6.23. The molecule has 1 aliphatic heterocycles. The summed E-state index contributed by atoms with van der Waals surface area (Å²) in [5.41, 5.74) is -0.933. The Balaban J connectivity index is 2.14. The van der Waals surface area contributed by atoms with Crippen LogP contribution in [0.5, 0.6) is 5.88 Å². The number of hydroxylamine groups is 2. The van der Waals surface area contributed by atoms with E-state index in [0.29, 0.717) is 32.5 Å². The number of rotatable bonds is 4. The zero-order chi connectivity index (χ0) is 15.6. The Morgan fingerprint density at radius 3 is 2.52 bits per heavy atom. The van der Waals surface area contributed by atoms with E-state index in [2.05, 4.69) is 5.10 Å². The zero-order valence-electron chi connectivity index (χ0n) is 12.1. The summed E-state index contributed by atoms with van der Waals surface area (Å²) in [5, 5.41) is 14.1. The average Bonchev–Trinajstić information content (AvgIpc) is 2.74. The molecule has 0 bridgehead atoms. The fourth-order valence-corrected chi connectivity index (χ4v) is 2.24. The van der Waals surface area contributed by atoms with E-state index in [9.17, 15) is 18.4 Å². The van der Waals surface area contributed by atoms with Gasteiger partial charge >= 0.3 is 6.18 Å². The molecular formula is C13H20F3N3O2. The minimum atomic E-state index is -4.48. The van der Waals surface area contributed by atoms with Crippen LogP contribution in [0, 0.1) is 5.92 Å². The lowest BCUT2D eigenvalue weighted by Crippen LogP contribution is -2.36. The lowest BCUT2D eigenvalue weighted by atomic mass is 10.1. The van der Waals surface area contributed by atoms with Crippen LogP contribution < -0.4 is 4.74 Å². The number of alkyl halides is 3. The number of hydrogen-bond donors (Lipinski definition) is 1. The number of ether oxygens (including phenoxy) is 1. The van der Waals surface area contributed by atoms with Crippen molar-refractivity contribution in [3.8, 4) is 5.88 Å². The molecule has 1 aromatic heterocycles. The van der Waals surface area contributed by atoms with E-state index in [1.54, 1.807) is 0 Å². The van der Waals surface area contributed by atoms with E-state index in [0.717, 1.165) is 6.07 Å². The first-order valence-electron chi connectivity index (χ1n) is 7.01. The van der Waals surface area contributed by atoms with Crippen LogP contribution in [0.2, 0.25) is 0 Å². The van der Waals surface area contributed by atoms with Crippen molar-refractivity contribution in [2.24, 2.45) is 5.92 Å². The summed E-state index contributed by atoms with van der Waals surface area (Å²) in [4.78, 5) is 0. The SMILES string of the molecule is CC(C)Cn1nc(C(F)(F)F)cc1OC1CCN(O)CC1. The van der Waals surface area contributed by atoms with E-state index in [1.807, 2.05) is 13.8 Å². The van der Waals surface area contributed by atoms with Gasteiger partial charge in [-0.1, -0.05) is 13.8 Å². The second-order valence-corrected chi connectivity index (χ2v) is 5.71. The van der Waals surface area contributed by atoms with Gasteiger partial charge in [0.05, 0.1) is 0 Å². The summed E-state index contributed by atoms with van der Waals surface area (Å²) in [6, 6.07) is 0.952. The van der Waals surface area contributed by atoms with Crippen LogP contribution in [0.4, 0.5) is 13.2 Å². The molecule has 2 rings (SSSR count). The van der Waals surface area contributed by atoms with Crippen molar-refractivity contribution in [1.82, 2.24) is 14.8 Å². The molecule has 1 N–H and O–H groups in total. The van der Waals surface area contributed by atoms with Gasteiger partial charge in [0.1, 0.15) is 6.10 Å². The topological polar surface area (TPSA) is 50.5 Å². The molecule has 2 heterocycles. The van der Waals surface area contributed by atoms with Crippen LogP contribution in [-0.2, 0) is 12.7 Å². The Bertz CT molecular complexity index is 466. The van der Waals surface area contributed by atoms with Gasteiger partial charge in [-0.15, -0.1) is 0 Å². The van der Waals surface area contributed by atoms with Gasteiger partial charge in [-0.3, -0.25) is 0 Å². The molecule has 8 heteroatoms. The molecule has 5 nitrogen and oxygen atoms in total. The molecule has 21 heavy (non-hydrogen) atoms. The molecule has 0 spiro atoms. The van der Waals surface area contributed by atoms with Gasteiger partial charge in [0, 0.05) is 25.7 Å². The molecule has 0 radical (unpaired) electrons. The van der Waals surface area contributed by atoms with E-state index in [4.69, 9.17) is 4.74 Å². The third-order valence-corrected chi connectivity index (χ3v) is 3.28. The van der Waals surface area contributed by atoms with Crippen molar-refractivity contribution in [3.05, 3.63) is 11.8 Å². The average molecular weight is 307 g/mol. The highest BCUT2D eigenvalue weighted by Crippen LogP contribution is 2.32. The van der Waals surface area contributed by atoms with Gasteiger partial charge < -0.3 is 9.94 Å². The fraction of sp³-hybridized carbons (Fsp3) is 0.769. The molecule has 1 aliphatic rings. The molecule has 1 fully saturated rings. The second-order valence-electron chi connectivity index (χ2n) is 5.71. The van der Waals surface area contributed by atoms with Crippen molar-refractivity contribution in [1.29, 1.82) is 0 Å². The number of nitrogens with zero attached hydrogens (tertiary/aromatic N) is 3. The highest BCUT2D eigenvalue weighted by atomic mass is 19.4. The quantitative estimate of drug-likeness (QED) is 0.929. The number of hydrogen-bond acceptors (Lipinski definition) is 4. The molecule has 1 saturated heterocycles. The predicted octanol–water partition coefficient (Wildman–Crippen LogP) is 2.79. The maximum Gasteiger partial charge on any atom is 0.435 e. The van der Waals surface area contributed by atoms with E-state index in [1.165, 1.54) is 9.75 Å². The Morgan fingerprint density at radius 2 is 2.00 bits per heavy atom. The Hall–Kier alpha value is -1.28. The predicted molar refractivity (Wildman–Crippen MR) is 69.1 cm³/mol. The first-order valence-corrected chi connectivity index (χ1v) is 7.01. The summed E-state index contributed by atoms with van der Waals surface area (Å²) < 4.78 is 45.3. The van der Waals surface area contributed by atoms with Crippen molar-refractivity contribution < 1.29 is 23.1 Å². The third kappa shape index (κ3) is 4.34. The Labute approximate surface area is 121 Å². The highest BCUT2D eigenvalue weighted by Gasteiger charge is 2.36. The normalized spacial score (nSPS) is 18.4. The summed E-state index contributed by atoms with van der Waals surface area (Å²) in [5.74, 6) is 0.306. The lowest BCUT2D eigenvalue weighted by molar-refractivity contribution is -0.141. The molecular weight excluding hydrogens is 287 g/mol. The van der Waals surface area contributed by atoms with Crippen molar-refractivity contribution in [2.45, 2.75) is 45.5 Å². The minimum Gasteiger partial charge on any atom is -0.474 e. The maximum atomic E-state index is 12.8. The molecule has 0 amide bonds. The van der Waals surface area contributed by atoms with Crippen molar-refractivity contribution in [3.63, 3.8) is 0 Å². The van der Waals surface area contributed by atoms with Gasteiger partial charge in [0.15, 0.2) is 5.69 Å². The lowest BCUT2D eigenvalue weighted by Gasteiger charge is -2.28. The fourth-order valence-electron chi connectivity index (χ4n) is 2.24. The number of aromatic nitrogens is 2. The van der Waals surface area contributed by atoms with Crippen molar-refractivity contribution in [2.75, 3.05) is 13.1 Å². The van der Waals surface area contributed by atoms with Crippen molar-refractivity contribution >= 4 is 0 Å². The van der Waals surface area contributed by atoms with Crippen LogP contribution in [0.15, 0.2) is 6.07 Å². The standard InChI is InChI=1S/C13H20F3N3O2/c1-9(2)8-19-12(7-11(17-19)13(14,15)16)21-10-3-5-18(20)6-4-10/h7,9-10,20H,3-6,8H2,1-2H3. The molecule has 0 aliphatic carbocycles. The smallest absolute Gasteiger partial charge is 0.435 e. The molecule has 120 valence electrons. The summed E-state index contributed by atoms with van der Waals surface area (Å²) in [7, 11) is 0. The van der Waals surface area contributed by atoms with E-state index < -0.39 is 11.9 Å². The maximum absolute atomic E-state index is 12.8. The summed E-state index contributed by atoms with van der Waals surface area (Å²) in [6.07, 6.45) is -3.53. The minimum absolute atomic E-state index is 0.146. The van der Waals surface area contributed by atoms with Gasteiger partial charge in [-0.25, -0.2) is 4.68 Å². The van der Waals surface area contributed by atoms with Gasteiger partial charge in [0.25, 0.3) is 0 Å². The van der Waals surface area contributed by atoms with Crippen LogP contribution in [0.25, 0.3) is 0 Å². The van der Waals surface area contributed by atoms with Gasteiger partial charge in [-0.2, -0.15) is 23.3 Å². The molecule has 0 saturated carbocycles. The molecule has 0 aromatic carbocycles. The zero-order valence-corrected chi connectivity index (χ0v) is 12.1. The van der Waals surface area contributed by atoms with Gasteiger partial charge in [-0.05, 0) is 18.8 Å². The van der Waals surface area contributed by atoms with E-state index >= 15 is 0 Å². The first kappa shape index (κ1) is 16.1. The highest BCUT2D eigenvalue weighted by molar-refractivity contribution is 5.19. The van der Waals surface area contributed by atoms with Crippen LogP contribution in [-0.4, -0.2) is 39.2 Å². The molecule has 1 aromatic rings. The number of piperidine rings is 1. The van der Waals surface area contributed by atoms with E-state index in [-0.39, 0.29) is 17.9 Å². The monoisotopic (exact) mass is 307 g/mol. The van der Waals surface area contributed by atoms with Crippen LogP contribution in [0.3, 0.4) is 0 Å². The third-order valence-electron chi connectivity index (χ3n) is 3.28. The molecule has 0 atom stereocenters. The largest absolute Gasteiger partial charge is 0.474 e. The van der Waals surface area contributed by atoms with Crippen LogP contribution >= 0.6 is 0 Å². The van der Waals surface area contributed by atoms with Gasteiger partial charge in [0.2, 0.25) is 5.88 Å². The molecule has 0 unspecified atom stereocenters. The summed E-state index contributed by atoms with van der Waals surface area (Å²) in [6.45, 7) is 5.08. The Morgan fingerprint density at radius 1 is 1.38 bits per heavy atom.